The molecule has 0 heterocycles. The monoisotopic (exact) mass is 301 g/mol. The molecule has 1 aromatic rings. The van der Waals surface area contributed by atoms with Gasteiger partial charge in [-0.15, -0.1) is 19.6 Å². The molecule has 0 aliphatic rings. The fourth-order valence-corrected chi connectivity index (χ4v) is 1.71. The Bertz CT molecular complexity index is 534. The molecule has 4 nitrogen and oxygen atoms in total. The number of alkyl halides is 3. The average molecular weight is 301 g/mol. The molecule has 7 heteroatoms. The van der Waals surface area contributed by atoms with Crippen LogP contribution in [-0.2, 0) is 15.1 Å². The maximum Gasteiger partial charge on any atom is 0.573 e. The lowest BCUT2D eigenvalue weighted by molar-refractivity contribution is -0.274. The van der Waals surface area contributed by atoms with Gasteiger partial charge in [0.05, 0.1) is 13.7 Å². The van der Waals surface area contributed by atoms with Gasteiger partial charge in [-0.2, -0.15) is 0 Å². The van der Waals surface area contributed by atoms with E-state index in [1.807, 2.05) is 0 Å². The third-order valence-electron chi connectivity index (χ3n) is 2.80. The van der Waals surface area contributed by atoms with E-state index in [4.69, 9.17) is 11.2 Å². The molecule has 1 atom stereocenters. The van der Waals surface area contributed by atoms with Crippen LogP contribution in [0.4, 0.5) is 13.2 Å². The number of nitrogens with one attached hydrogen (secondary N) is 1. The molecular weight excluding hydrogens is 287 g/mol. The summed E-state index contributed by atoms with van der Waals surface area (Å²) in [5, 5.41) is 2.81. The van der Waals surface area contributed by atoms with Crippen LogP contribution < -0.4 is 10.1 Å². The van der Waals surface area contributed by atoms with Crippen molar-refractivity contribution >= 4 is 5.97 Å². The SMILES string of the molecule is C#CCNC(C)(C(=O)OC)c1ccc(OC(F)(F)F)cc1. The average Bonchev–Trinajstić information content (AvgIpc) is 2.42. The van der Waals surface area contributed by atoms with Crippen molar-refractivity contribution in [2.75, 3.05) is 13.7 Å². The first-order chi connectivity index (χ1) is 9.73. The molecule has 0 radical (unpaired) electrons. The number of carbonyl (C=O) groups excluding carboxylic acids is 1. The van der Waals surface area contributed by atoms with Gasteiger partial charge in [-0.3, -0.25) is 5.32 Å². The quantitative estimate of drug-likeness (QED) is 0.669. The third-order valence-corrected chi connectivity index (χ3v) is 2.80. The molecule has 114 valence electrons. The second kappa shape index (κ2) is 6.50. The molecule has 0 spiro atoms. The second-order valence-corrected chi connectivity index (χ2v) is 4.25. The lowest BCUT2D eigenvalue weighted by Crippen LogP contribution is -2.47. The minimum atomic E-state index is -4.77. The van der Waals surface area contributed by atoms with E-state index in [0.717, 1.165) is 12.1 Å². The minimum Gasteiger partial charge on any atom is -0.467 e. The Labute approximate surface area is 120 Å². The minimum absolute atomic E-state index is 0.0897. The van der Waals surface area contributed by atoms with E-state index in [-0.39, 0.29) is 12.3 Å². The molecule has 1 N–H and O–H groups in total. The molecule has 0 aliphatic heterocycles. The molecule has 1 unspecified atom stereocenters. The largest absolute Gasteiger partial charge is 0.573 e. The van der Waals surface area contributed by atoms with Crippen molar-refractivity contribution in [3.05, 3.63) is 29.8 Å². The Kier molecular flexibility index (Phi) is 5.22. The molecule has 0 aromatic heterocycles. The Morgan fingerprint density at radius 3 is 2.33 bits per heavy atom. The van der Waals surface area contributed by atoms with Crippen LogP contribution in [0, 0.1) is 12.3 Å². The highest BCUT2D eigenvalue weighted by molar-refractivity contribution is 5.82. The lowest BCUT2D eigenvalue weighted by Gasteiger charge is -2.27. The van der Waals surface area contributed by atoms with Gasteiger partial charge in [0.15, 0.2) is 0 Å². The third kappa shape index (κ3) is 4.39. The Balaban J connectivity index is 3.05. The standard InChI is InChI=1S/C14H14F3NO3/c1-4-9-18-13(2,12(19)20-3)10-5-7-11(8-6-10)21-14(15,16)17/h1,5-8,18H,9H2,2-3H3. The molecule has 1 aromatic carbocycles. The van der Waals surface area contributed by atoms with Crippen molar-refractivity contribution in [3.8, 4) is 18.1 Å². The fraction of sp³-hybridized carbons (Fsp3) is 0.357. The summed E-state index contributed by atoms with van der Waals surface area (Å²) in [7, 11) is 1.21. The number of terminal acetylenes is 1. The van der Waals surface area contributed by atoms with Crippen LogP contribution in [0.3, 0.4) is 0 Å². The number of hydrogen-bond acceptors (Lipinski definition) is 4. The first-order valence-electron chi connectivity index (χ1n) is 5.86. The maximum absolute atomic E-state index is 12.1. The van der Waals surface area contributed by atoms with Gasteiger partial charge < -0.3 is 9.47 Å². The number of ether oxygens (including phenoxy) is 2. The topological polar surface area (TPSA) is 47.6 Å². The van der Waals surface area contributed by atoms with Crippen LogP contribution in [0.1, 0.15) is 12.5 Å². The van der Waals surface area contributed by atoms with E-state index >= 15 is 0 Å². The molecular formula is C14H14F3NO3. The van der Waals surface area contributed by atoms with Crippen molar-refractivity contribution in [1.29, 1.82) is 0 Å². The smallest absolute Gasteiger partial charge is 0.467 e. The highest BCUT2D eigenvalue weighted by atomic mass is 19.4. The summed E-state index contributed by atoms with van der Waals surface area (Å²) in [6.07, 6.45) is 0.370. The summed E-state index contributed by atoms with van der Waals surface area (Å²) in [5.41, 5.74) is -0.864. The molecule has 21 heavy (non-hydrogen) atoms. The van der Waals surface area contributed by atoms with Crippen LogP contribution in [0.25, 0.3) is 0 Å². The molecule has 0 aliphatic carbocycles. The zero-order valence-electron chi connectivity index (χ0n) is 11.5. The van der Waals surface area contributed by atoms with Crippen LogP contribution >= 0.6 is 0 Å². The second-order valence-electron chi connectivity index (χ2n) is 4.25. The van der Waals surface area contributed by atoms with Gasteiger partial charge in [0.25, 0.3) is 0 Å². The summed E-state index contributed by atoms with van der Waals surface area (Å²) in [6.45, 7) is 1.61. The fourth-order valence-electron chi connectivity index (χ4n) is 1.71. The molecule has 0 saturated heterocycles. The maximum atomic E-state index is 12.1. The normalized spacial score (nSPS) is 13.9. The Morgan fingerprint density at radius 1 is 1.33 bits per heavy atom. The van der Waals surface area contributed by atoms with Gasteiger partial charge in [0.2, 0.25) is 0 Å². The summed E-state index contributed by atoms with van der Waals surface area (Å²) in [5.74, 6) is 1.33. The lowest BCUT2D eigenvalue weighted by atomic mass is 9.92. The van der Waals surface area contributed by atoms with E-state index < -0.39 is 17.9 Å². The van der Waals surface area contributed by atoms with E-state index in [1.165, 1.54) is 26.2 Å². The molecule has 0 bridgehead atoms. The van der Waals surface area contributed by atoms with E-state index in [0.29, 0.717) is 5.56 Å². The highest BCUT2D eigenvalue weighted by Crippen LogP contribution is 2.27. The van der Waals surface area contributed by atoms with Crippen molar-refractivity contribution in [2.45, 2.75) is 18.8 Å². The van der Waals surface area contributed by atoms with Crippen molar-refractivity contribution in [3.63, 3.8) is 0 Å². The van der Waals surface area contributed by atoms with Gasteiger partial charge in [0.1, 0.15) is 11.3 Å². The zero-order valence-corrected chi connectivity index (χ0v) is 11.5. The van der Waals surface area contributed by atoms with E-state index in [2.05, 4.69) is 16.0 Å². The van der Waals surface area contributed by atoms with Crippen LogP contribution in [0.2, 0.25) is 0 Å². The zero-order chi connectivity index (χ0) is 16.1. The summed E-state index contributed by atoms with van der Waals surface area (Å²) in [4.78, 5) is 11.9. The van der Waals surface area contributed by atoms with Crippen LogP contribution in [0.5, 0.6) is 5.75 Å². The van der Waals surface area contributed by atoms with Crippen LogP contribution in [0.15, 0.2) is 24.3 Å². The van der Waals surface area contributed by atoms with E-state index in [1.54, 1.807) is 0 Å². The molecule has 0 amide bonds. The summed E-state index contributed by atoms with van der Waals surface area (Å²) < 4.78 is 44.7. The van der Waals surface area contributed by atoms with Gasteiger partial charge in [0, 0.05) is 0 Å². The molecule has 1 rings (SSSR count). The summed E-state index contributed by atoms with van der Waals surface area (Å²) >= 11 is 0. The van der Waals surface area contributed by atoms with Crippen molar-refractivity contribution in [1.82, 2.24) is 5.32 Å². The van der Waals surface area contributed by atoms with E-state index in [9.17, 15) is 18.0 Å². The van der Waals surface area contributed by atoms with Gasteiger partial charge in [-0.25, -0.2) is 4.79 Å². The van der Waals surface area contributed by atoms with Crippen LogP contribution in [-0.4, -0.2) is 26.0 Å². The molecule has 0 fully saturated rings. The predicted molar refractivity (Wildman–Crippen MR) is 69.3 cm³/mol. The van der Waals surface area contributed by atoms with Gasteiger partial charge in [-0.05, 0) is 24.6 Å². The number of hydrogen-bond donors (Lipinski definition) is 1. The van der Waals surface area contributed by atoms with Crippen molar-refractivity contribution in [2.24, 2.45) is 0 Å². The first kappa shape index (κ1) is 16.9. The molecule has 0 saturated carbocycles. The van der Waals surface area contributed by atoms with Gasteiger partial charge in [-0.1, -0.05) is 18.1 Å². The number of halogens is 3. The Hall–Kier alpha value is -2.20. The number of benzene rings is 1. The Morgan fingerprint density at radius 2 is 1.90 bits per heavy atom. The number of esters is 1. The number of rotatable bonds is 5. The van der Waals surface area contributed by atoms with Gasteiger partial charge >= 0.3 is 12.3 Å². The summed E-state index contributed by atoms with van der Waals surface area (Å²) in [6, 6.07) is 4.89. The predicted octanol–water partition coefficient (Wildman–Crippen LogP) is 2.20. The van der Waals surface area contributed by atoms with Crippen molar-refractivity contribution < 1.29 is 27.4 Å². The number of carbonyl (C=O) groups is 1. The first-order valence-corrected chi connectivity index (χ1v) is 5.86. The highest BCUT2D eigenvalue weighted by Gasteiger charge is 2.36. The number of methoxy groups -OCH3 is 1.